The van der Waals surface area contributed by atoms with Gasteiger partial charge in [0.25, 0.3) is 5.91 Å². The largest absolute Gasteiger partial charge is 0.362 e. The van der Waals surface area contributed by atoms with Crippen LogP contribution in [0.15, 0.2) is 48.5 Å². The number of aryl methyl sites for hydroxylation is 1. The average molecular weight is 349 g/mol. The number of hydrogen-bond donors (Lipinski definition) is 2. The van der Waals surface area contributed by atoms with Gasteiger partial charge in [0.2, 0.25) is 5.91 Å². The third-order valence-corrected chi connectivity index (χ3v) is 5.40. The lowest BCUT2D eigenvalue weighted by atomic mass is 9.91. The fraction of sp³-hybridized carbons (Fsp3) is 0.333. The van der Waals surface area contributed by atoms with E-state index in [-0.39, 0.29) is 11.8 Å². The Hall–Kier alpha value is -2.82. The number of fused-ring (bicyclic) bond motifs is 1. The maximum Gasteiger partial charge on any atom is 0.255 e. The van der Waals surface area contributed by atoms with Crippen molar-refractivity contribution in [3.05, 3.63) is 65.2 Å². The lowest BCUT2D eigenvalue weighted by Crippen LogP contribution is -2.63. The highest BCUT2D eigenvalue weighted by atomic mass is 16.2. The van der Waals surface area contributed by atoms with Gasteiger partial charge >= 0.3 is 0 Å². The Bertz CT molecular complexity index is 840. The van der Waals surface area contributed by atoms with Gasteiger partial charge in [-0.1, -0.05) is 42.5 Å². The minimum absolute atomic E-state index is 0.0356. The Kier molecular flexibility index (Phi) is 4.15. The van der Waals surface area contributed by atoms with Crippen molar-refractivity contribution >= 4 is 17.5 Å². The number of carbonyl (C=O) groups excluding carboxylic acids is 2. The third-order valence-electron chi connectivity index (χ3n) is 5.40. The molecule has 2 amide bonds. The first-order valence-corrected chi connectivity index (χ1v) is 9.08. The van der Waals surface area contributed by atoms with Gasteiger partial charge in [0.05, 0.1) is 17.7 Å². The molecule has 2 aromatic rings. The standard InChI is InChI=1S/C21H23N3O2/c1-15-6-5-9-17-19(15)22-21(23-20(17)26)10-12-24(13-11-21)18(25)14-16-7-3-2-4-8-16/h2-9,22H,10-14H2,1H3,(H,23,26). The molecule has 4 rings (SSSR count). The molecule has 2 aliphatic rings. The van der Waals surface area contributed by atoms with E-state index >= 15 is 0 Å². The summed E-state index contributed by atoms with van der Waals surface area (Å²) < 4.78 is 0. The molecule has 5 nitrogen and oxygen atoms in total. The van der Waals surface area contributed by atoms with Crippen LogP contribution in [0.5, 0.6) is 0 Å². The third kappa shape index (κ3) is 3.05. The van der Waals surface area contributed by atoms with Crippen molar-refractivity contribution in [2.24, 2.45) is 0 Å². The van der Waals surface area contributed by atoms with Crippen LogP contribution in [-0.4, -0.2) is 35.5 Å². The number of nitrogens with one attached hydrogen (secondary N) is 2. The molecular formula is C21H23N3O2. The lowest BCUT2D eigenvalue weighted by molar-refractivity contribution is -0.132. The van der Waals surface area contributed by atoms with Crippen molar-refractivity contribution in [2.75, 3.05) is 18.4 Å². The zero-order chi connectivity index (χ0) is 18.1. The summed E-state index contributed by atoms with van der Waals surface area (Å²) in [6, 6.07) is 15.6. The minimum Gasteiger partial charge on any atom is -0.362 e. The number of benzene rings is 2. The van der Waals surface area contributed by atoms with Crippen LogP contribution < -0.4 is 10.6 Å². The zero-order valence-electron chi connectivity index (χ0n) is 14.9. The molecule has 1 fully saturated rings. The monoisotopic (exact) mass is 349 g/mol. The zero-order valence-corrected chi connectivity index (χ0v) is 14.9. The first-order chi connectivity index (χ1) is 12.6. The van der Waals surface area contributed by atoms with Crippen molar-refractivity contribution in [2.45, 2.75) is 31.8 Å². The molecule has 2 aliphatic heterocycles. The summed E-state index contributed by atoms with van der Waals surface area (Å²) in [7, 11) is 0. The highest BCUT2D eigenvalue weighted by Gasteiger charge is 2.41. The van der Waals surface area contributed by atoms with Gasteiger partial charge in [-0.2, -0.15) is 0 Å². The lowest BCUT2D eigenvalue weighted by Gasteiger charge is -2.46. The molecule has 2 N–H and O–H groups in total. The van der Waals surface area contributed by atoms with E-state index in [9.17, 15) is 9.59 Å². The van der Waals surface area contributed by atoms with Gasteiger partial charge in [-0.05, 0) is 24.1 Å². The van der Waals surface area contributed by atoms with Gasteiger partial charge in [-0.15, -0.1) is 0 Å². The van der Waals surface area contributed by atoms with E-state index in [2.05, 4.69) is 10.6 Å². The predicted octanol–water partition coefficient (Wildman–Crippen LogP) is 2.71. The number of likely N-dealkylation sites (tertiary alicyclic amines) is 1. The highest BCUT2D eigenvalue weighted by Crippen LogP contribution is 2.33. The Morgan fingerprint density at radius 2 is 1.77 bits per heavy atom. The second kappa shape index (κ2) is 6.48. The molecular weight excluding hydrogens is 326 g/mol. The number of anilines is 1. The molecule has 26 heavy (non-hydrogen) atoms. The summed E-state index contributed by atoms with van der Waals surface area (Å²) in [5.74, 6) is 0.108. The van der Waals surface area contributed by atoms with Crippen LogP contribution in [0.2, 0.25) is 0 Å². The number of carbonyl (C=O) groups is 2. The molecule has 0 saturated carbocycles. The van der Waals surface area contributed by atoms with Gasteiger partial charge in [-0.3, -0.25) is 9.59 Å². The SMILES string of the molecule is Cc1cccc2c1NC1(CCN(C(=O)Cc3ccccc3)CC1)NC2=O. The Balaban J connectivity index is 1.44. The van der Waals surface area contributed by atoms with Crippen LogP contribution in [0, 0.1) is 6.92 Å². The van der Waals surface area contributed by atoms with E-state index in [1.807, 2.05) is 60.4 Å². The van der Waals surface area contributed by atoms with Crippen LogP contribution >= 0.6 is 0 Å². The first kappa shape index (κ1) is 16.6. The van der Waals surface area contributed by atoms with Gasteiger partial charge in [0.1, 0.15) is 5.66 Å². The van der Waals surface area contributed by atoms with E-state index in [1.165, 1.54) is 0 Å². The minimum atomic E-state index is -0.459. The molecule has 0 unspecified atom stereocenters. The molecule has 0 aromatic heterocycles. The molecule has 1 spiro atoms. The van der Waals surface area contributed by atoms with Crippen molar-refractivity contribution in [1.29, 1.82) is 0 Å². The summed E-state index contributed by atoms with van der Waals surface area (Å²) in [5, 5.41) is 6.69. The van der Waals surface area contributed by atoms with Crippen molar-refractivity contribution < 1.29 is 9.59 Å². The Morgan fingerprint density at radius 1 is 1.04 bits per heavy atom. The van der Waals surface area contributed by atoms with Gasteiger partial charge in [-0.25, -0.2) is 0 Å². The number of para-hydroxylation sites is 1. The summed E-state index contributed by atoms with van der Waals surface area (Å²) in [6.07, 6.45) is 1.83. The quantitative estimate of drug-likeness (QED) is 0.876. The summed E-state index contributed by atoms with van der Waals surface area (Å²) >= 11 is 0. The van der Waals surface area contributed by atoms with Crippen LogP contribution in [0.3, 0.4) is 0 Å². The smallest absolute Gasteiger partial charge is 0.255 e. The molecule has 1 saturated heterocycles. The summed E-state index contributed by atoms with van der Waals surface area (Å²) in [6.45, 7) is 3.29. The normalized spacial score (nSPS) is 18.0. The maximum absolute atomic E-state index is 12.6. The van der Waals surface area contributed by atoms with E-state index < -0.39 is 5.66 Å². The van der Waals surface area contributed by atoms with E-state index in [4.69, 9.17) is 0 Å². The fourth-order valence-corrected chi connectivity index (χ4v) is 3.85. The summed E-state index contributed by atoms with van der Waals surface area (Å²) in [5.41, 5.74) is 3.25. The molecule has 5 heteroatoms. The van der Waals surface area contributed by atoms with E-state index in [1.54, 1.807) is 0 Å². The predicted molar refractivity (Wildman–Crippen MR) is 101 cm³/mol. The van der Waals surface area contributed by atoms with Gasteiger partial charge in [0, 0.05) is 25.9 Å². The summed E-state index contributed by atoms with van der Waals surface area (Å²) in [4.78, 5) is 27.0. The number of nitrogens with zero attached hydrogens (tertiary/aromatic N) is 1. The van der Waals surface area contributed by atoms with E-state index in [0.717, 1.165) is 16.8 Å². The average Bonchev–Trinajstić information content (AvgIpc) is 2.64. The molecule has 0 radical (unpaired) electrons. The second-order valence-corrected chi connectivity index (χ2v) is 7.20. The van der Waals surface area contributed by atoms with Crippen molar-refractivity contribution in [3.63, 3.8) is 0 Å². The molecule has 2 aromatic carbocycles. The topological polar surface area (TPSA) is 61.4 Å². The number of hydrogen-bond acceptors (Lipinski definition) is 3. The Labute approximate surface area is 153 Å². The van der Waals surface area contributed by atoms with Crippen LogP contribution in [-0.2, 0) is 11.2 Å². The van der Waals surface area contributed by atoms with Crippen LogP contribution in [0.1, 0.15) is 34.3 Å². The number of rotatable bonds is 2. The van der Waals surface area contributed by atoms with Crippen LogP contribution in [0.4, 0.5) is 5.69 Å². The van der Waals surface area contributed by atoms with Crippen molar-refractivity contribution in [1.82, 2.24) is 10.2 Å². The molecule has 0 atom stereocenters. The van der Waals surface area contributed by atoms with Crippen molar-refractivity contribution in [3.8, 4) is 0 Å². The van der Waals surface area contributed by atoms with Gasteiger partial charge in [0.15, 0.2) is 0 Å². The van der Waals surface area contributed by atoms with Crippen LogP contribution in [0.25, 0.3) is 0 Å². The second-order valence-electron chi connectivity index (χ2n) is 7.20. The molecule has 2 heterocycles. The highest BCUT2D eigenvalue weighted by molar-refractivity contribution is 6.02. The Morgan fingerprint density at radius 3 is 2.50 bits per heavy atom. The number of piperidine rings is 1. The first-order valence-electron chi connectivity index (χ1n) is 9.08. The number of amides is 2. The molecule has 134 valence electrons. The molecule has 0 aliphatic carbocycles. The fourth-order valence-electron chi connectivity index (χ4n) is 3.85. The van der Waals surface area contributed by atoms with Gasteiger partial charge < -0.3 is 15.5 Å². The maximum atomic E-state index is 12.6. The molecule has 0 bridgehead atoms. The van der Waals surface area contributed by atoms with E-state index in [0.29, 0.717) is 37.9 Å².